The lowest BCUT2D eigenvalue weighted by Gasteiger charge is -2.22. The minimum Gasteiger partial charge on any atom is -0.460 e. The number of methoxy groups -OCH3 is 1. The van der Waals surface area contributed by atoms with Crippen molar-refractivity contribution in [3.05, 3.63) is 57.0 Å². The molecule has 0 radical (unpaired) electrons. The van der Waals surface area contributed by atoms with Gasteiger partial charge in [0, 0.05) is 23.3 Å². The first-order chi connectivity index (χ1) is 16.5. The molecule has 35 heavy (non-hydrogen) atoms. The summed E-state index contributed by atoms with van der Waals surface area (Å²) in [6.45, 7) is 11.4. The molecule has 0 bridgehead atoms. The molecule has 1 heterocycles. The number of hydrogen-bond donors (Lipinski definition) is 1. The van der Waals surface area contributed by atoms with Gasteiger partial charge in [-0.15, -0.1) is 0 Å². The van der Waals surface area contributed by atoms with Crippen LogP contribution < -0.4 is 10.7 Å². The van der Waals surface area contributed by atoms with Crippen molar-refractivity contribution in [1.82, 2.24) is 9.97 Å². The molecule has 7 heteroatoms. The van der Waals surface area contributed by atoms with Crippen LogP contribution in [0.15, 0.2) is 35.6 Å². The second kappa shape index (κ2) is 11.3. The van der Waals surface area contributed by atoms with Crippen LogP contribution >= 0.6 is 11.6 Å². The molecular weight excluding hydrogens is 464 g/mol. The molecule has 1 saturated carbocycles. The van der Waals surface area contributed by atoms with Crippen molar-refractivity contribution in [2.24, 2.45) is 11.8 Å². The number of carbonyl (C=O) groups excluding carboxylic acids is 1. The van der Waals surface area contributed by atoms with Crippen molar-refractivity contribution in [2.45, 2.75) is 65.3 Å². The third-order valence-corrected chi connectivity index (χ3v) is 6.14. The highest BCUT2D eigenvalue weighted by molar-refractivity contribution is 6.30. The number of benzene rings is 1. The van der Waals surface area contributed by atoms with Crippen LogP contribution in [0.5, 0.6) is 0 Å². The van der Waals surface area contributed by atoms with Gasteiger partial charge >= 0.3 is 5.97 Å². The zero-order valence-corrected chi connectivity index (χ0v) is 21.8. The van der Waals surface area contributed by atoms with Gasteiger partial charge < -0.3 is 14.6 Å². The number of halogens is 1. The standard InChI is InChI=1S/C28H33ClN2O4/c1-17(26(32)34-6)7-14-23-18(2)30-24(25(31-23)20-10-12-22(29)13-11-20)16-19-8-9-21(15-19)27(33)35-28(3,4)5/h10-13,19,21,26,32H,2,8-9,15-16H2,1,3-6H3. The number of aliphatic hydroxyl groups is 1. The minimum absolute atomic E-state index is 0.0961. The third kappa shape index (κ3) is 7.38. The summed E-state index contributed by atoms with van der Waals surface area (Å²) in [6.07, 6.45) is 2.09. The zero-order valence-electron chi connectivity index (χ0n) is 21.0. The summed E-state index contributed by atoms with van der Waals surface area (Å²) in [5, 5.41) is 11.3. The topological polar surface area (TPSA) is 81.5 Å². The maximum absolute atomic E-state index is 12.6. The van der Waals surface area contributed by atoms with Crippen LogP contribution in [-0.4, -0.2) is 40.0 Å². The van der Waals surface area contributed by atoms with Gasteiger partial charge in [-0.1, -0.05) is 36.0 Å². The molecule has 0 saturated heterocycles. The van der Waals surface area contributed by atoms with E-state index < -0.39 is 11.9 Å². The molecule has 1 aliphatic rings. The Hall–Kier alpha value is -2.72. The van der Waals surface area contributed by atoms with E-state index in [0.717, 1.165) is 30.5 Å². The Kier molecular flexibility index (Phi) is 8.71. The Balaban J connectivity index is 1.98. The summed E-state index contributed by atoms with van der Waals surface area (Å²) in [5.74, 6) is 0.0650. The molecule has 0 amide bonds. The fraction of sp³-hybridized carbons (Fsp3) is 0.464. The monoisotopic (exact) mass is 496 g/mol. The van der Waals surface area contributed by atoms with E-state index in [1.54, 1.807) is 6.92 Å². The highest BCUT2D eigenvalue weighted by Gasteiger charge is 2.33. The second-order valence-electron chi connectivity index (χ2n) is 9.96. The van der Waals surface area contributed by atoms with E-state index in [1.165, 1.54) is 7.11 Å². The number of nitrogens with zero attached hydrogens (tertiary/aromatic N) is 2. The lowest BCUT2D eigenvalue weighted by Crippen LogP contribution is -2.32. The number of hydrogen-bond acceptors (Lipinski definition) is 6. The number of ether oxygens (including phenoxy) is 2. The predicted octanol–water partition coefficient (Wildman–Crippen LogP) is 3.95. The average Bonchev–Trinajstić information content (AvgIpc) is 3.26. The molecule has 3 rings (SSSR count). The molecule has 1 aromatic heterocycles. The van der Waals surface area contributed by atoms with Crippen molar-refractivity contribution in [3.8, 4) is 11.3 Å². The Morgan fingerprint density at radius 1 is 1.26 bits per heavy atom. The normalized spacial score (nSPS) is 18.5. The number of carbonyl (C=O) groups is 1. The lowest BCUT2D eigenvalue weighted by atomic mass is 9.96. The van der Waals surface area contributed by atoms with Gasteiger partial charge in [0.15, 0.2) is 6.29 Å². The number of esters is 1. The average molecular weight is 497 g/mol. The van der Waals surface area contributed by atoms with E-state index in [0.29, 0.717) is 33.4 Å². The van der Waals surface area contributed by atoms with Gasteiger partial charge in [0.1, 0.15) is 11.0 Å². The summed E-state index contributed by atoms with van der Waals surface area (Å²) in [5.41, 5.74) is 8.22. The van der Waals surface area contributed by atoms with Gasteiger partial charge in [-0.05, 0) is 77.2 Å². The van der Waals surface area contributed by atoms with Crippen molar-refractivity contribution < 1.29 is 19.4 Å². The Labute approximate surface area is 211 Å². The molecule has 3 unspecified atom stereocenters. The molecule has 1 aliphatic carbocycles. The van der Waals surface area contributed by atoms with E-state index >= 15 is 0 Å². The molecule has 1 fully saturated rings. The molecule has 6 nitrogen and oxygen atoms in total. The van der Waals surface area contributed by atoms with Gasteiger partial charge in [-0.2, -0.15) is 0 Å². The number of rotatable bonds is 6. The number of aromatic nitrogens is 2. The molecule has 1 N–H and O–H groups in total. The lowest BCUT2D eigenvalue weighted by molar-refractivity contribution is -0.159. The Bertz CT molecular complexity index is 1250. The quantitative estimate of drug-likeness (QED) is 0.370. The largest absolute Gasteiger partial charge is 0.460 e. The van der Waals surface area contributed by atoms with Gasteiger partial charge in [0.05, 0.1) is 22.7 Å². The first-order valence-electron chi connectivity index (χ1n) is 11.7. The van der Waals surface area contributed by atoms with Gasteiger partial charge in [0.2, 0.25) is 0 Å². The summed E-state index contributed by atoms with van der Waals surface area (Å²) < 4.78 is 10.5. The molecule has 1 aromatic carbocycles. The van der Waals surface area contributed by atoms with Crippen LogP contribution in [0.25, 0.3) is 23.6 Å². The maximum Gasteiger partial charge on any atom is 0.309 e. The van der Waals surface area contributed by atoms with Crippen LogP contribution in [0.1, 0.15) is 52.7 Å². The van der Waals surface area contributed by atoms with Crippen LogP contribution in [0.3, 0.4) is 0 Å². The van der Waals surface area contributed by atoms with E-state index in [2.05, 4.69) is 18.0 Å². The van der Waals surface area contributed by atoms with E-state index in [-0.39, 0.29) is 17.8 Å². The molecule has 2 aromatic rings. The molecule has 186 valence electrons. The molecule has 0 aliphatic heterocycles. The van der Waals surface area contributed by atoms with Crippen LogP contribution in [0.4, 0.5) is 0 Å². The second-order valence-corrected chi connectivity index (χ2v) is 10.4. The van der Waals surface area contributed by atoms with E-state index in [4.69, 9.17) is 31.0 Å². The van der Waals surface area contributed by atoms with Gasteiger partial charge in [-0.3, -0.25) is 4.79 Å². The van der Waals surface area contributed by atoms with Crippen molar-refractivity contribution >= 4 is 29.9 Å². The first kappa shape index (κ1) is 26.9. The SMILES string of the molecule is C=c1nc(CC2CCC(C(=O)OC(C)(C)C)C2)c(-c2ccc(Cl)cc2)nc1=C=C=C(C)C(O)OC. The maximum atomic E-state index is 12.6. The molecule has 3 atom stereocenters. The highest BCUT2D eigenvalue weighted by atomic mass is 35.5. The van der Waals surface area contributed by atoms with E-state index in [9.17, 15) is 9.90 Å². The summed E-state index contributed by atoms with van der Waals surface area (Å²) in [4.78, 5) is 22.1. The summed E-state index contributed by atoms with van der Waals surface area (Å²) in [7, 11) is 1.41. The highest BCUT2D eigenvalue weighted by Crippen LogP contribution is 2.35. The Morgan fingerprint density at radius 3 is 2.57 bits per heavy atom. The number of aliphatic hydroxyl groups excluding tert-OH is 1. The summed E-state index contributed by atoms with van der Waals surface area (Å²) >= 11 is 6.10. The van der Waals surface area contributed by atoms with Crippen molar-refractivity contribution in [1.29, 1.82) is 0 Å². The predicted molar refractivity (Wildman–Crippen MR) is 137 cm³/mol. The van der Waals surface area contributed by atoms with Gasteiger partial charge in [0.25, 0.3) is 0 Å². The first-order valence-corrected chi connectivity index (χ1v) is 12.1. The third-order valence-electron chi connectivity index (χ3n) is 5.89. The molecule has 0 spiro atoms. The fourth-order valence-electron chi connectivity index (χ4n) is 4.12. The fourth-order valence-corrected chi connectivity index (χ4v) is 4.25. The molecular formula is C28H33ClN2O4. The van der Waals surface area contributed by atoms with Crippen molar-refractivity contribution in [2.75, 3.05) is 7.11 Å². The van der Waals surface area contributed by atoms with Crippen LogP contribution in [-0.2, 0) is 20.7 Å². The smallest absolute Gasteiger partial charge is 0.309 e. The summed E-state index contributed by atoms with van der Waals surface area (Å²) in [6, 6.07) is 7.43. The van der Waals surface area contributed by atoms with Crippen LogP contribution in [0, 0.1) is 11.8 Å². The van der Waals surface area contributed by atoms with Gasteiger partial charge in [-0.25, -0.2) is 9.97 Å². The Morgan fingerprint density at radius 2 is 1.94 bits per heavy atom. The van der Waals surface area contributed by atoms with Crippen LogP contribution in [0.2, 0.25) is 5.02 Å². The van der Waals surface area contributed by atoms with E-state index in [1.807, 2.05) is 45.0 Å². The zero-order chi connectivity index (χ0) is 25.8. The minimum atomic E-state index is -1.07. The van der Waals surface area contributed by atoms with Crippen molar-refractivity contribution in [3.63, 3.8) is 0 Å².